The van der Waals surface area contributed by atoms with Crippen molar-refractivity contribution in [1.29, 1.82) is 0 Å². The second-order valence-corrected chi connectivity index (χ2v) is 3.36. The molecule has 0 atom stereocenters. The Morgan fingerprint density at radius 1 is 1.24 bits per heavy atom. The number of hydrogen-bond acceptors (Lipinski definition) is 4. The molecule has 0 aliphatic heterocycles. The number of rotatable bonds is 3. The summed E-state index contributed by atoms with van der Waals surface area (Å²) in [4.78, 5) is 3.90. The quantitative estimate of drug-likeness (QED) is 0.880. The molecular formula is C12H13ClN2O2. The van der Waals surface area contributed by atoms with Gasteiger partial charge in [0.15, 0.2) is 5.75 Å². The Balaban J connectivity index is 0.00000144. The molecule has 17 heavy (non-hydrogen) atoms. The van der Waals surface area contributed by atoms with E-state index in [0.29, 0.717) is 12.5 Å². The molecule has 5 heteroatoms. The van der Waals surface area contributed by atoms with Gasteiger partial charge in [0, 0.05) is 6.07 Å². The standard InChI is InChI=1S/C12H12N2O2.ClH/c13-10-6-12(14-7-11(10)15)16-8-9-4-2-1-3-5-9;/h1-7,15H,8H2,(H2,13,14);1H. The number of hydrogen-bond donors (Lipinski definition) is 2. The summed E-state index contributed by atoms with van der Waals surface area (Å²) in [6.45, 7) is 0.429. The minimum Gasteiger partial charge on any atom is -0.504 e. The van der Waals surface area contributed by atoms with E-state index < -0.39 is 0 Å². The van der Waals surface area contributed by atoms with Crippen molar-refractivity contribution in [3.05, 3.63) is 48.2 Å². The maximum atomic E-state index is 9.19. The number of nitrogen functional groups attached to an aromatic ring is 1. The molecule has 1 aromatic heterocycles. The lowest BCUT2D eigenvalue weighted by Gasteiger charge is -2.06. The van der Waals surface area contributed by atoms with Crippen molar-refractivity contribution >= 4 is 18.1 Å². The lowest BCUT2D eigenvalue weighted by molar-refractivity contribution is 0.293. The molecule has 2 rings (SSSR count). The Labute approximate surface area is 105 Å². The van der Waals surface area contributed by atoms with Gasteiger partial charge in [-0.15, -0.1) is 12.4 Å². The summed E-state index contributed by atoms with van der Waals surface area (Å²) >= 11 is 0. The highest BCUT2D eigenvalue weighted by Crippen LogP contribution is 2.22. The number of aromatic nitrogens is 1. The van der Waals surface area contributed by atoms with Crippen LogP contribution < -0.4 is 10.5 Å². The lowest BCUT2D eigenvalue weighted by Crippen LogP contribution is -1.98. The van der Waals surface area contributed by atoms with Gasteiger partial charge in [0.25, 0.3) is 0 Å². The first kappa shape index (κ1) is 13.1. The van der Waals surface area contributed by atoms with Gasteiger partial charge in [-0.25, -0.2) is 4.98 Å². The molecule has 0 unspecified atom stereocenters. The summed E-state index contributed by atoms with van der Waals surface area (Å²) in [6.07, 6.45) is 1.27. The van der Waals surface area contributed by atoms with Gasteiger partial charge in [0.2, 0.25) is 5.88 Å². The average Bonchev–Trinajstić information content (AvgIpc) is 2.32. The number of halogens is 1. The van der Waals surface area contributed by atoms with Crippen LogP contribution in [0.2, 0.25) is 0 Å². The van der Waals surface area contributed by atoms with Crippen molar-refractivity contribution in [2.45, 2.75) is 6.61 Å². The number of pyridine rings is 1. The van der Waals surface area contributed by atoms with Crippen LogP contribution in [0.1, 0.15) is 5.56 Å². The fourth-order valence-corrected chi connectivity index (χ4v) is 1.25. The highest BCUT2D eigenvalue weighted by molar-refractivity contribution is 5.85. The van der Waals surface area contributed by atoms with E-state index in [4.69, 9.17) is 10.5 Å². The van der Waals surface area contributed by atoms with Crippen molar-refractivity contribution in [1.82, 2.24) is 4.98 Å². The second kappa shape index (κ2) is 5.96. The van der Waals surface area contributed by atoms with Crippen molar-refractivity contribution in [3.63, 3.8) is 0 Å². The Morgan fingerprint density at radius 2 is 1.94 bits per heavy atom. The van der Waals surface area contributed by atoms with Gasteiger partial charge in [-0.1, -0.05) is 30.3 Å². The summed E-state index contributed by atoms with van der Waals surface area (Å²) < 4.78 is 5.43. The van der Waals surface area contributed by atoms with E-state index in [1.165, 1.54) is 12.3 Å². The minimum atomic E-state index is -0.0351. The van der Waals surface area contributed by atoms with Crippen LogP contribution >= 0.6 is 12.4 Å². The van der Waals surface area contributed by atoms with Gasteiger partial charge >= 0.3 is 0 Å². The molecular weight excluding hydrogens is 240 g/mol. The van der Waals surface area contributed by atoms with Crippen LogP contribution in [0.4, 0.5) is 5.69 Å². The fraction of sp³-hybridized carbons (Fsp3) is 0.0833. The van der Waals surface area contributed by atoms with Gasteiger partial charge < -0.3 is 15.6 Å². The summed E-state index contributed by atoms with van der Waals surface area (Å²) in [5, 5.41) is 9.19. The predicted molar refractivity (Wildman–Crippen MR) is 68.3 cm³/mol. The predicted octanol–water partition coefficient (Wildman–Crippen LogP) is 2.37. The molecule has 4 nitrogen and oxygen atoms in total. The summed E-state index contributed by atoms with van der Waals surface area (Å²) in [7, 11) is 0. The van der Waals surface area contributed by atoms with E-state index >= 15 is 0 Å². The van der Waals surface area contributed by atoms with Gasteiger partial charge in [0.05, 0.1) is 11.9 Å². The normalized spacial score (nSPS) is 9.41. The lowest BCUT2D eigenvalue weighted by atomic mass is 10.2. The molecule has 3 N–H and O–H groups in total. The van der Waals surface area contributed by atoms with Crippen molar-refractivity contribution in [2.75, 3.05) is 5.73 Å². The van der Waals surface area contributed by atoms with Crippen LogP contribution in [0.5, 0.6) is 11.6 Å². The second-order valence-electron chi connectivity index (χ2n) is 3.36. The van der Waals surface area contributed by atoms with Gasteiger partial charge in [-0.05, 0) is 5.56 Å². The summed E-state index contributed by atoms with van der Waals surface area (Å²) in [6, 6.07) is 11.3. The maximum absolute atomic E-state index is 9.19. The first-order valence-electron chi connectivity index (χ1n) is 4.87. The zero-order valence-corrected chi connectivity index (χ0v) is 9.85. The van der Waals surface area contributed by atoms with E-state index in [0.717, 1.165) is 5.56 Å². The van der Waals surface area contributed by atoms with Crippen LogP contribution in [-0.2, 0) is 6.61 Å². The number of anilines is 1. The van der Waals surface area contributed by atoms with Crippen molar-refractivity contribution in [2.24, 2.45) is 0 Å². The molecule has 2 aromatic rings. The third-order valence-electron chi connectivity index (χ3n) is 2.12. The van der Waals surface area contributed by atoms with Crippen LogP contribution in [0, 0.1) is 0 Å². The SMILES string of the molecule is Cl.Nc1cc(OCc2ccccc2)ncc1O. The van der Waals surface area contributed by atoms with Crippen molar-refractivity contribution < 1.29 is 9.84 Å². The Bertz CT molecular complexity index is 477. The molecule has 1 aromatic carbocycles. The molecule has 0 amide bonds. The Morgan fingerprint density at radius 3 is 2.59 bits per heavy atom. The van der Waals surface area contributed by atoms with E-state index in [9.17, 15) is 5.11 Å². The highest BCUT2D eigenvalue weighted by atomic mass is 35.5. The molecule has 0 aliphatic carbocycles. The van der Waals surface area contributed by atoms with E-state index in [1.807, 2.05) is 30.3 Å². The third kappa shape index (κ3) is 3.53. The van der Waals surface area contributed by atoms with E-state index in [-0.39, 0.29) is 23.8 Å². The average molecular weight is 253 g/mol. The Hall–Kier alpha value is -1.94. The number of nitrogens with two attached hydrogens (primary N) is 1. The first-order chi connectivity index (χ1) is 7.75. The zero-order chi connectivity index (χ0) is 11.4. The molecule has 1 heterocycles. The largest absolute Gasteiger partial charge is 0.504 e. The highest BCUT2D eigenvalue weighted by Gasteiger charge is 2.01. The van der Waals surface area contributed by atoms with Crippen LogP contribution in [0.25, 0.3) is 0 Å². The van der Waals surface area contributed by atoms with Gasteiger partial charge in [-0.2, -0.15) is 0 Å². The summed E-state index contributed by atoms with van der Waals surface area (Å²) in [5.74, 6) is 0.367. The Kier molecular flexibility index (Phi) is 4.60. The number of benzene rings is 1. The molecule has 0 saturated carbocycles. The van der Waals surface area contributed by atoms with E-state index in [1.54, 1.807) is 0 Å². The molecule has 0 saturated heterocycles. The van der Waals surface area contributed by atoms with Crippen molar-refractivity contribution in [3.8, 4) is 11.6 Å². The molecule has 90 valence electrons. The molecule has 0 fully saturated rings. The van der Waals surface area contributed by atoms with Gasteiger partial charge in [-0.3, -0.25) is 0 Å². The first-order valence-corrected chi connectivity index (χ1v) is 4.87. The molecule has 0 aliphatic rings. The number of ether oxygens (including phenoxy) is 1. The fourth-order valence-electron chi connectivity index (χ4n) is 1.25. The monoisotopic (exact) mass is 252 g/mol. The summed E-state index contributed by atoms with van der Waals surface area (Å²) in [5.41, 5.74) is 6.83. The zero-order valence-electron chi connectivity index (χ0n) is 9.04. The van der Waals surface area contributed by atoms with Crippen LogP contribution in [-0.4, -0.2) is 10.1 Å². The van der Waals surface area contributed by atoms with Crippen LogP contribution in [0.15, 0.2) is 42.6 Å². The molecule has 0 radical (unpaired) electrons. The number of nitrogens with zero attached hydrogens (tertiary/aromatic N) is 1. The smallest absolute Gasteiger partial charge is 0.215 e. The maximum Gasteiger partial charge on any atom is 0.215 e. The van der Waals surface area contributed by atoms with Gasteiger partial charge in [0.1, 0.15) is 6.61 Å². The number of aromatic hydroxyl groups is 1. The van der Waals surface area contributed by atoms with E-state index in [2.05, 4.69) is 4.98 Å². The topological polar surface area (TPSA) is 68.4 Å². The van der Waals surface area contributed by atoms with Crippen LogP contribution in [0.3, 0.4) is 0 Å². The minimum absolute atomic E-state index is 0. The molecule has 0 bridgehead atoms. The third-order valence-corrected chi connectivity index (χ3v) is 2.12. The molecule has 0 spiro atoms.